The topological polar surface area (TPSA) is 69.6 Å². The Hall–Kier alpha value is -4.44. The molecule has 3 aromatic carbocycles. The molecular formula is C29H22F4N2O4. The lowest BCUT2D eigenvalue weighted by atomic mass is 10.0. The second-order valence-electron chi connectivity index (χ2n) is 8.96. The zero-order chi connectivity index (χ0) is 27.7. The number of nitrogens with zero attached hydrogens (tertiary/aromatic N) is 1. The number of fused-ring (bicyclic) bond motifs is 1. The first-order valence-electron chi connectivity index (χ1n) is 11.9. The van der Waals surface area contributed by atoms with Crippen LogP contribution in [0.1, 0.15) is 32.7 Å². The van der Waals surface area contributed by atoms with Crippen molar-refractivity contribution in [1.82, 2.24) is 9.88 Å². The Morgan fingerprint density at radius 3 is 2.54 bits per heavy atom. The number of nitrogens with one attached hydrogen (secondary N) is 1. The monoisotopic (exact) mass is 538 g/mol. The first-order chi connectivity index (χ1) is 18.6. The minimum Gasteiger partial charge on any atom is -0.467 e. The molecule has 39 heavy (non-hydrogen) atoms. The van der Waals surface area contributed by atoms with Crippen LogP contribution in [0.5, 0.6) is 5.75 Å². The van der Waals surface area contributed by atoms with Gasteiger partial charge in [0.25, 0.3) is 11.5 Å². The fourth-order valence-corrected chi connectivity index (χ4v) is 4.57. The molecule has 0 atom stereocenters. The van der Waals surface area contributed by atoms with Crippen molar-refractivity contribution in [2.45, 2.75) is 26.3 Å². The normalized spacial score (nSPS) is 12.9. The molecule has 0 aliphatic carbocycles. The van der Waals surface area contributed by atoms with Crippen molar-refractivity contribution in [3.8, 4) is 22.6 Å². The van der Waals surface area contributed by atoms with Crippen molar-refractivity contribution < 1.29 is 31.8 Å². The first kappa shape index (κ1) is 26.2. The molecule has 0 saturated carbocycles. The zero-order valence-electron chi connectivity index (χ0n) is 20.6. The standard InChI is InChI=1S/C29H22F4N2O4/c1-17-24(18-6-3-2-4-7-18)13-25(28(37)35(17)23-9-5-8-21(12-23)29(31,32)33)27(36)34-14-19-10-22(30)11-20-15-38-16-39-26(19)20/h2-13H,14-16H2,1H3,(H,34,36). The fraction of sp³-hybridized carbons (Fsp3) is 0.172. The van der Waals surface area contributed by atoms with Crippen LogP contribution in [0.2, 0.25) is 0 Å². The van der Waals surface area contributed by atoms with Crippen molar-refractivity contribution in [2.24, 2.45) is 0 Å². The Labute approximate surface area is 220 Å². The van der Waals surface area contributed by atoms with Gasteiger partial charge in [-0.3, -0.25) is 14.2 Å². The summed E-state index contributed by atoms with van der Waals surface area (Å²) in [5.41, 5.74) is 0.304. The van der Waals surface area contributed by atoms with E-state index in [-0.39, 0.29) is 31.2 Å². The molecule has 10 heteroatoms. The van der Waals surface area contributed by atoms with E-state index in [1.165, 1.54) is 30.3 Å². The van der Waals surface area contributed by atoms with Crippen LogP contribution in [0.15, 0.2) is 77.6 Å². The molecule has 4 aromatic rings. The van der Waals surface area contributed by atoms with Crippen LogP contribution in [-0.4, -0.2) is 17.3 Å². The van der Waals surface area contributed by atoms with Gasteiger partial charge in [0.1, 0.15) is 17.1 Å². The van der Waals surface area contributed by atoms with Gasteiger partial charge < -0.3 is 14.8 Å². The molecule has 0 unspecified atom stereocenters. The smallest absolute Gasteiger partial charge is 0.416 e. The first-order valence-corrected chi connectivity index (χ1v) is 11.9. The van der Waals surface area contributed by atoms with Crippen molar-refractivity contribution >= 4 is 5.91 Å². The summed E-state index contributed by atoms with van der Waals surface area (Å²) in [6.45, 7) is 1.56. The number of hydrogen-bond donors (Lipinski definition) is 1. The van der Waals surface area contributed by atoms with Crippen LogP contribution in [0.4, 0.5) is 17.6 Å². The average Bonchev–Trinajstić information content (AvgIpc) is 2.92. The lowest BCUT2D eigenvalue weighted by Gasteiger charge is -2.21. The Bertz CT molecular complexity index is 1610. The van der Waals surface area contributed by atoms with Crippen LogP contribution >= 0.6 is 0 Å². The van der Waals surface area contributed by atoms with E-state index >= 15 is 0 Å². The van der Waals surface area contributed by atoms with E-state index < -0.39 is 29.0 Å². The van der Waals surface area contributed by atoms with E-state index in [0.717, 1.165) is 16.7 Å². The van der Waals surface area contributed by atoms with Gasteiger partial charge in [-0.05, 0) is 48.9 Å². The van der Waals surface area contributed by atoms with Crippen LogP contribution in [-0.2, 0) is 24.1 Å². The number of rotatable bonds is 5. The lowest BCUT2D eigenvalue weighted by Crippen LogP contribution is -2.34. The van der Waals surface area contributed by atoms with Gasteiger partial charge >= 0.3 is 6.18 Å². The number of amides is 1. The molecule has 1 N–H and O–H groups in total. The minimum absolute atomic E-state index is 0.0281. The van der Waals surface area contributed by atoms with Gasteiger partial charge in [-0.2, -0.15) is 13.2 Å². The highest BCUT2D eigenvalue weighted by Crippen LogP contribution is 2.32. The number of alkyl halides is 3. The summed E-state index contributed by atoms with van der Waals surface area (Å²) in [5, 5.41) is 2.63. The highest BCUT2D eigenvalue weighted by Gasteiger charge is 2.31. The number of halogens is 4. The maximum absolute atomic E-state index is 14.2. The van der Waals surface area contributed by atoms with Gasteiger partial charge in [0.15, 0.2) is 6.79 Å². The number of aromatic nitrogens is 1. The number of benzene rings is 3. The molecular weight excluding hydrogens is 516 g/mol. The highest BCUT2D eigenvalue weighted by molar-refractivity contribution is 5.95. The number of pyridine rings is 1. The molecule has 1 amide bonds. The minimum atomic E-state index is -4.62. The Morgan fingerprint density at radius 2 is 1.79 bits per heavy atom. The second kappa shape index (κ2) is 10.4. The largest absolute Gasteiger partial charge is 0.467 e. The number of ether oxygens (including phenoxy) is 2. The van der Waals surface area contributed by atoms with Gasteiger partial charge in [0, 0.05) is 34.6 Å². The molecule has 6 nitrogen and oxygen atoms in total. The summed E-state index contributed by atoms with van der Waals surface area (Å²) in [6.07, 6.45) is -4.62. The lowest BCUT2D eigenvalue weighted by molar-refractivity contribution is -0.137. The SMILES string of the molecule is Cc1c(-c2ccccc2)cc(C(=O)NCc2cc(F)cc3c2OCOC3)c(=O)n1-c1cccc(C(F)(F)F)c1. The molecule has 5 rings (SSSR count). The Kier molecular flexibility index (Phi) is 6.96. The number of carbonyl (C=O) groups excluding carboxylic acids is 1. The average molecular weight is 538 g/mol. The van der Waals surface area contributed by atoms with Crippen molar-refractivity contribution in [3.63, 3.8) is 0 Å². The van der Waals surface area contributed by atoms with Crippen LogP contribution in [0.3, 0.4) is 0 Å². The van der Waals surface area contributed by atoms with E-state index in [9.17, 15) is 27.2 Å². The zero-order valence-corrected chi connectivity index (χ0v) is 20.6. The third kappa shape index (κ3) is 5.28. The summed E-state index contributed by atoms with van der Waals surface area (Å²) >= 11 is 0. The summed E-state index contributed by atoms with van der Waals surface area (Å²) in [6, 6.07) is 17.1. The molecule has 1 aliphatic heterocycles. The predicted molar refractivity (Wildman–Crippen MR) is 135 cm³/mol. The van der Waals surface area contributed by atoms with Crippen molar-refractivity contribution in [1.29, 1.82) is 0 Å². The molecule has 0 spiro atoms. The predicted octanol–water partition coefficient (Wildman–Crippen LogP) is 5.77. The van der Waals surface area contributed by atoms with E-state index in [1.54, 1.807) is 37.3 Å². The van der Waals surface area contributed by atoms with E-state index in [4.69, 9.17) is 9.47 Å². The van der Waals surface area contributed by atoms with E-state index in [0.29, 0.717) is 33.7 Å². The van der Waals surface area contributed by atoms with Gasteiger partial charge in [-0.15, -0.1) is 0 Å². The number of hydrogen-bond acceptors (Lipinski definition) is 4. The summed E-state index contributed by atoms with van der Waals surface area (Å²) in [5.74, 6) is -0.929. The van der Waals surface area contributed by atoms with Gasteiger partial charge in [0.2, 0.25) is 0 Å². The van der Waals surface area contributed by atoms with Crippen LogP contribution in [0, 0.1) is 12.7 Å². The summed E-state index contributed by atoms with van der Waals surface area (Å²) in [7, 11) is 0. The van der Waals surface area contributed by atoms with Crippen molar-refractivity contribution in [2.75, 3.05) is 6.79 Å². The maximum Gasteiger partial charge on any atom is 0.416 e. The van der Waals surface area contributed by atoms with Gasteiger partial charge in [-0.25, -0.2) is 4.39 Å². The van der Waals surface area contributed by atoms with E-state index in [2.05, 4.69) is 5.32 Å². The molecule has 0 radical (unpaired) electrons. The number of carbonyl (C=O) groups is 1. The van der Waals surface area contributed by atoms with Gasteiger partial charge in [0.05, 0.1) is 12.2 Å². The molecule has 0 saturated heterocycles. The fourth-order valence-electron chi connectivity index (χ4n) is 4.57. The third-order valence-corrected chi connectivity index (χ3v) is 6.40. The van der Waals surface area contributed by atoms with E-state index in [1.807, 2.05) is 0 Å². The van der Waals surface area contributed by atoms with Crippen LogP contribution < -0.4 is 15.6 Å². The second-order valence-corrected chi connectivity index (χ2v) is 8.96. The van der Waals surface area contributed by atoms with Crippen LogP contribution in [0.25, 0.3) is 16.8 Å². The summed E-state index contributed by atoms with van der Waals surface area (Å²) < 4.78 is 66.3. The summed E-state index contributed by atoms with van der Waals surface area (Å²) in [4.78, 5) is 26.9. The molecule has 200 valence electrons. The molecule has 1 aromatic heterocycles. The molecule has 0 bridgehead atoms. The maximum atomic E-state index is 14.2. The molecule has 0 fully saturated rings. The highest BCUT2D eigenvalue weighted by atomic mass is 19.4. The molecule has 2 heterocycles. The third-order valence-electron chi connectivity index (χ3n) is 6.40. The van der Waals surface area contributed by atoms with Crippen molar-refractivity contribution in [3.05, 3.63) is 117 Å². The Balaban J connectivity index is 1.59. The Morgan fingerprint density at radius 1 is 1.03 bits per heavy atom. The quantitative estimate of drug-likeness (QED) is 0.328. The molecule has 1 aliphatic rings. The van der Waals surface area contributed by atoms with Gasteiger partial charge in [-0.1, -0.05) is 36.4 Å².